The van der Waals surface area contributed by atoms with Crippen LogP contribution in [-0.2, 0) is 0 Å². The average Bonchev–Trinajstić information content (AvgIpc) is 1.77. The van der Waals surface area contributed by atoms with Gasteiger partial charge in [-0.25, -0.2) is 0 Å². The molecule has 0 aromatic carbocycles. The predicted octanol–water partition coefficient (Wildman–Crippen LogP) is -0.347. The zero-order chi connectivity index (χ0) is 5.98. The van der Waals surface area contributed by atoms with Crippen molar-refractivity contribution in [2.75, 3.05) is 0 Å². The second-order valence-electron chi connectivity index (χ2n) is 2.00. The third-order valence-electron chi connectivity index (χ3n) is 1.29. The van der Waals surface area contributed by atoms with Gasteiger partial charge in [0, 0.05) is 0 Å². The second-order valence-corrected chi connectivity index (χ2v) is 4.41. The summed E-state index contributed by atoms with van der Waals surface area (Å²) in [4.78, 5) is 0. The van der Waals surface area contributed by atoms with Gasteiger partial charge in [-0.3, -0.25) is 0 Å². The number of aliphatic hydroxyl groups is 2. The van der Waals surface area contributed by atoms with Crippen LogP contribution < -0.4 is 0 Å². The van der Waals surface area contributed by atoms with Crippen LogP contribution >= 0.6 is 0 Å². The second kappa shape index (κ2) is 2.83. The molecule has 0 aromatic heterocycles. The zero-order valence-electron chi connectivity index (χ0n) is 4.58. The van der Waals surface area contributed by atoms with Gasteiger partial charge in [-0.05, 0) is 0 Å². The van der Waals surface area contributed by atoms with Crippen molar-refractivity contribution in [2.45, 2.75) is 29.3 Å². The molecule has 0 aromatic rings. The molecule has 1 rings (SSSR count). The van der Waals surface area contributed by atoms with E-state index >= 15 is 0 Å². The summed E-state index contributed by atoms with van der Waals surface area (Å²) in [6, 6.07) is 0. The Bertz CT molecular complexity index is 66.8. The van der Waals surface area contributed by atoms with E-state index in [1.54, 1.807) is 0 Å². The summed E-state index contributed by atoms with van der Waals surface area (Å²) in [5.74, 6) is 0. The summed E-state index contributed by atoms with van der Waals surface area (Å²) < 4.78 is 0. The summed E-state index contributed by atoms with van der Waals surface area (Å²) in [7, 11) is 0. The molecule has 0 spiro atoms. The van der Waals surface area contributed by atoms with Gasteiger partial charge in [0.2, 0.25) is 0 Å². The third kappa shape index (κ3) is 1.46. The van der Waals surface area contributed by atoms with Crippen molar-refractivity contribution in [3.8, 4) is 0 Å². The van der Waals surface area contributed by atoms with E-state index in [4.69, 9.17) is 10.2 Å². The molecule has 1 heterocycles. The van der Waals surface area contributed by atoms with Crippen molar-refractivity contribution < 1.29 is 10.2 Å². The van der Waals surface area contributed by atoms with E-state index in [0.29, 0.717) is 15.0 Å². The number of aliphatic hydroxyl groups excluding tert-OH is 2. The maximum atomic E-state index is 8.94. The summed E-state index contributed by atoms with van der Waals surface area (Å²) in [6.45, 7) is 0. The van der Waals surface area contributed by atoms with Gasteiger partial charge in [-0.15, -0.1) is 0 Å². The van der Waals surface area contributed by atoms with Crippen LogP contribution in [0.4, 0.5) is 0 Å². The van der Waals surface area contributed by atoms with Gasteiger partial charge < -0.3 is 0 Å². The molecule has 1 fully saturated rings. The monoisotopic (exact) mass is 182 g/mol. The minimum atomic E-state index is -0.425. The molecule has 1 aliphatic heterocycles. The molecule has 0 aliphatic carbocycles. The van der Waals surface area contributed by atoms with Crippen LogP contribution in [0.15, 0.2) is 0 Å². The number of rotatable bonds is 0. The fraction of sp³-hybridized carbons (Fsp3) is 1.00. The topological polar surface area (TPSA) is 40.5 Å². The first-order valence-electron chi connectivity index (χ1n) is 2.74. The van der Waals surface area contributed by atoms with Gasteiger partial charge in [0.15, 0.2) is 0 Å². The maximum absolute atomic E-state index is 8.94. The van der Waals surface area contributed by atoms with E-state index in [0.717, 1.165) is 17.1 Å². The predicted molar refractivity (Wildman–Crippen MR) is 32.0 cm³/mol. The van der Waals surface area contributed by atoms with E-state index in [1.807, 2.05) is 0 Å². The van der Waals surface area contributed by atoms with Crippen LogP contribution in [0.25, 0.3) is 0 Å². The Balaban J connectivity index is 2.28. The van der Waals surface area contributed by atoms with Crippen molar-refractivity contribution in [3.63, 3.8) is 0 Å². The van der Waals surface area contributed by atoms with Gasteiger partial charge in [-0.2, -0.15) is 0 Å². The average molecular weight is 181 g/mol. The Kier molecular flexibility index (Phi) is 2.32. The van der Waals surface area contributed by atoms with Crippen LogP contribution in [0, 0.1) is 0 Å². The molecule has 1 saturated heterocycles. The fourth-order valence-electron chi connectivity index (χ4n) is 0.712. The van der Waals surface area contributed by atoms with Crippen LogP contribution in [0.2, 0.25) is 10.6 Å². The first-order valence-corrected chi connectivity index (χ1v) is 5.17. The van der Waals surface area contributed by atoms with Crippen LogP contribution in [0.5, 0.6) is 0 Å². The quantitative estimate of drug-likeness (QED) is 0.501. The Hall–Kier alpha value is 0.439. The normalized spacial score (nSPS) is 39.8. The molecule has 0 bridgehead atoms. The number of hydrogen-bond donors (Lipinski definition) is 2. The van der Waals surface area contributed by atoms with Crippen molar-refractivity contribution >= 4 is 15.0 Å². The van der Waals surface area contributed by atoms with Crippen molar-refractivity contribution in [2.24, 2.45) is 0 Å². The van der Waals surface area contributed by atoms with E-state index in [2.05, 4.69) is 0 Å². The molecule has 3 heteroatoms. The third-order valence-corrected chi connectivity index (χ3v) is 3.60. The van der Waals surface area contributed by atoms with Gasteiger partial charge in [0.1, 0.15) is 0 Å². The van der Waals surface area contributed by atoms with Gasteiger partial charge in [0.25, 0.3) is 0 Å². The molecule has 2 atom stereocenters. The van der Waals surface area contributed by atoms with E-state index in [9.17, 15) is 0 Å². The zero-order valence-corrected chi connectivity index (χ0v) is 6.29. The molecule has 0 saturated carbocycles. The Morgan fingerprint density at radius 1 is 1.25 bits per heavy atom. The van der Waals surface area contributed by atoms with Crippen molar-refractivity contribution in [1.29, 1.82) is 0 Å². The van der Waals surface area contributed by atoms with Crippen molar-refractivity contribution in [3.05, 3.63) is 0 Å². The van der Waals surface area contributed by atoms with Gasteiger partial charge >= 0.3 is 54.4 Å². The number of hydrogen-bond acceptors (Lipinski definition) is 2. The van der Waals surface area contributed by atoms with E-state index < -0.39 is 12.2 Å². The van der Waals surface area contributed by atoms with Gasteiger partial charge in [-0.1, -0.05) is 0 Å². The summed E-state index contributed by atoms with van der Waals surface area (Å²) in [5.41, 5.74) is 0. The standard InChI is InChI=1S/C5H10O2Se/c6-4-1-2-8-3-5(4)7/h4-7H,1-3H2. The van der Waals surface area contributed by atoms with Crippen LogP contribution in [0.3, 0.4) is 0 Å². The minimum absolute atomic E-state index is 0.413. The van der Waals surface area contributed by atoms with Crippen LogP contribution in [0.1, 0.15) is 6.42 Å². The SMILES string of the molecule is OC1CC[Se]CC1O. The Morgan fingerprint density at radius 3 is 2.38 bits per heavy atom. The Morgan fingerprint density at radius 2 is 2.00 bits per heavy atom. The molecular weight excluding hydrogens is 171 g/mol. The van der Waals surface area contributed by atoms with Crippen LogP contribution in [-0.4, -0.2) is 37.4 Å². The molecule has 2 nitrogen and oxygen atoms in total. The molecule has 8 heavy (non-hydrogen) atoms. The molecule has 2 unspecified atom stereocenters. The van der Waals surface area contributed by atoms with E-state index in [-0.39, 0.29) is 0 Å². The fourth-order valence-corrected chi connectivity index (χ4v) is 2.89. The first-order chi connectivity index (χ1) is 3.80. The summed E-state index contributed by atoms with van der Waals surface area (Å²) >= 11 is 0.596. The molecular formula is C5H10O2Se. The molecule has 0 amide bonds. The van der Waals surface area contributed by atoms with Crippen molar-refractivity contribution in [1.82, 2.24) is 0 Å². The summed E-state index contributed by atoms with van der Waals surface area (Å²) in [6.07, 6.45) is -0.0318. The first kappa shape index (κ1) is 6.56. The van der Waals surface area contributed by atoms with Gasteiger partial charge in [0.05, 0.1) is 0 Å². The molecule has 1 aliphatic rings. The molecule has 2 N–H and O–H groups in total. The van der Waals surface area contributed by atoms with E-state index in [1.165, 1.54) is 0 Å². The molecule has 0 radical (unpaired) electrons. The molecule has 48 valence electrons. The Labute approximate surface area is 55.1 Å². The summed E-state index contributed by atoms with van der Waals surface area (Å²) in [5, 5.41) is 19.9.